The first-order valence-corrected chi connectivity index (χ1v) is 6.33. The summed E-state index contributed by atoms with van der Waals surface area (Å²) in [7, 11) is 0. The lowest BCUT2D eigenvalue weighted by Gasteiger charge is -2.26. The van der Waals surface area contributed by atoms with Gasteiger partial charge in [0, 0.05) is 16.2 Å². The second-order valence-electron chi connectivity index (χ2n) is 5.30. The minimum atomic E-state index is 0.112. The summed E-state index contributed by atoms with van der Waals surface area (Å²) in [5.74, 6) is 0. The van der Waals surface area contributed by atoms with Crippen LogP contribution in [-0.4, -0.2) is 17.8 Å². The Labute approximate surface area is 106 Å². The van der Waals surface area contributed by atoms with E-state index in [1.807, 2.05) is 24.3 Å². The maximum Gasteiger partial charge on any atom is 0.0633 e. The zero-order valence-electron chi connectivity index (χ0n) is 10.1. The molecular weight excluding hydrogens is 266 g/mol. The van der Waals surface area contributed by atoms with Crippen molar-refractivity contribution in [2.45, 2.75) is 33.2 Å². The molecule has 0 heterocycles. The Kier molecular flexibility index (Phi) is 4.81. The van der Waals surface area contributed by atoms with Crippen LogP contribution in [0.5, 0.6) is 0 Å². The van der Waals surface area contributed by atoms with E-state index in [1.54, 1.807) is 0 Å². The molecule has 16 heavy (non-hydrogen) atoms. The number of aliphatic hydroxyl groups is 1. The van der Waals surface area contributed by atoms with Crippen molar-refractivity contribution in [2.75, 3.05) is 11.9 Å². The minimum absolute atomic E-state index is 0.112. The first-order chi connectivity index (χ1) is 7.40. The van der Waals surface area contributed by atoms with Crippen molar-refractivity contribution in [2.24, 2.45) is 5.41 Å². The summed E-state index contributed by atoms with van der Waals surface area (Å²) in [5, 5.41) is 12.7. The number of benzene rings is 1. The van der Waals surface area contributed by atoms with Crippen LogP contribution in [0.4, 0.5) is 5.69 Å². The van der Waals surface area contributed by atoms with E-state index in [4.69, 9.17) is 0 Å². The second kappa shape index (κ2) is 5.69. The van der Waals surface area contributed by atoms with Crippen molar-refractivity contribution in [1.29, 1.82) is 0 Å². The first kappa shape index (κ1) is 13.5. The largest absolute Gasteiger partial charge is 0.394 e. The maximum absolute atomic E-state index is 9.33. The molecule has 2 N–H and O–H groups in total. The smallest absolute Gasteiger partial charge is 0.0633 e. The third-order valence-electron chi connectivity index (χ3n) is 2.29. The molecule has 3 heteroatoms. The molecule has 1 aromatic rings. The summed E-state index contributed by atoms with van der Waals surface area (Å²) < 4.78 is 1.06. The SMILES string of the molecule is CC(C)(C)CC(CO)Nc1ccc(Br)cc1. The molecule has 0 amide bonds. The van der Waals surface area contributed by atoms with E-state index in [0.717, 1.165) is 16.6 Å². The summed E-state index contributed by atoms with van der Waals surface area (Å²) in [6.07, 6.45) is 0.944. The number of halogens is 1. The Bertz CT molecular complexity index is 316. The third kappa shape index (κ3) is 4.99. The lowest BCUT2D eigenvalue weighted by atomic mass is 9.88. The van der Waals surface area contributed by atoms with Gasteiger partial charge in [0.25, 0.3) is 0 Å². The van der Waals surface area contributed by atoms with Gasteiger partial charge in [0.15, 0.2) is 0 Å². The van der Waals surface area contributed by atoms with E-state index in [2.05, 4.69) is 42.0 Å². The monoisotopic (exact) mass is 285 g/mol. The van der Waals surface area contributed by atoms with E-state index in [9.17, 15) is 5.11 Å². The van der Waals surface area contributed by atoms with Crippen LogP contribution in [0, 0.1) is 5.41 Å². The van der Waals surface area contributed by atoms with Gasteiger partial charge in [-0.3, -0.25) is 0 Å². The molecule has 90 valence electrons. The number of anilines is 1. The van der Waals surface area contributed by atoms with Crippen molar-refractivity contribution in [3.8, 4) is 0 Å². The highest BCUT2D eigenvalue weighted by Crippen LogP contribution is 2.23. The fourth-order valence-corrected chi connectivity index (χ4v) is 1.95. The number of rotatable bonds is 4. The minimum Gasteiger partial charge on any atom is -0.394 e. The van der Waals surface area contributed by atoms with Gasteiger partial charge in [-0.1, -0.05) is 36.7 Å². The number of nitrogens with one attached hydrogen (secondary N) is 1. The molecule has 1 aromatic carbocycles. The lowest BCUT2D eigenvalue weighted by molar-refractivity contribution is 0.234. The van der Waals surface area contributed by atoms with Crippen LogP contribution in [0.1, 0.15) is 27.2 Å². The molecular formula is C13H20BrNO. The molecule has 0 saturated heterocycles. The predicted octanol–water partition coefficient (Wildman–Crippen LogP) is 3.66. The highest BCUT2D eigenvalue weighted by Gasteiger charge is 2.17. The highest BCUT2D eigenvalue weighted by atomic mass is 79.9. The molecule has 1 atom stereocenters. The van der Waals surface area contributed by atoms with Crippen LogP contribution in [0.3, 0.4) is 0 Å². The summed E-state index contributed by atoms with van der Waals surface area (Å²) in [6, 6.07) is 8.12. The summed E-state index contributed by atoms with van der Waals surface area (Å²) in [6.45, 7) is 6.70. The average molecular weight is 286 g/mol. The van der Waals surface area contributed by atoms with Gasteiger partial charge in [0.1, 0.15) is 0 Å². The van der Waals surface area contributed by atoms with Crippen LogP contribution in [0.2, 0.25) is 0 Å². The average Bonchev–Trinajstić information content (AvgIpc) is 2.18. The molecule has 0 aliphatic rings. The van der Waals surface area contributed by atoms with E-state index < -0.39 is 0 Å². The van der Waals surface area contributed by atoms with E-state index in [1.165, 1.54) is 0 Å². The van der Waals surface area contributed by atoms with Gasteiger partial charge < -0.3 is 10.4 Å². The van der Waals surface area contributed by atoms with Crippen LogP contribution in [0.15, 0.2) is 28.7 Å². The Morgan fingerprint density at radius 3 is 2.25 bits per heavy atom. The maximum atomic E-state index is 9.33. The van der Waals surface area contributed by atoms with Gasteiger partial charge in [0.05, 0.1) is 6.61 Å². The van der Waals surface area contributed by atoms with E-state index in [0.29, 0.717) is 0 Å². The summed E-state index contributed by atoms with van der Waals surface area (Å²) >= 11 is 3.40. The number of hydrogen-bond donors (Lipinski definition) is 2. The lowest BCUT2D eigenvalue weighted by Crippen LogP contribution is -2.29. The second-order valence-corrected chi connectivity index (χ2v) is 6.21. The van der Waals surface area contributed by atoms with Crippen LogP contribution < -0.4 is 5.32 Å². The quantitative estimate of drug-likeness (QED) is 0.885. The molecule has 0 aliphatic carbocycles. The number of hydrogen-bond acceptors (Lipinski definition) is 2. The van der Waals surface area contributed by atoms with Crippen LogP contribution in [0.25, 0.3) is 0 Å². The fraction of sp³-hybridized carbons (Fsp3) is 0.538. The van der Waals surface area contributed by atoms with Crippen LogP contribution >= 0.6 is 15.9 Å². The molecule has 0 fully saturated rings. The summed E-state index contributed by atoms with van der Waals surface area (Å²) in [5.41, 5.74) is 1.27. The zero-order chi connectivity index (χ0) is 12.2. The highest BCUT2D eigenvalue weighted by molar-refractivity contribution is 9.10. The molecule has 0 radical (unpaired) electrons. The van der Waals surface area contributed by atoms with Crippen LogP contribution in [-0.2, 0) is 0 Å². The molecule has 0 saturated carbocycles. The number of aliphatic hydroxyl groups excluding tert-OH is 1. The Morgan fingerprint density at radius 1 is 1.25 bits per heavy atom. The molecule has 0 aromatic heterocycles. The van der Waals surface area contributed by atoms with Gasteiger partial charge in [-0.2, -0.15) is 0 Å². The molecule has 1 rings (SSSR count). The Hall–Kier alpha value is -0.540. The van der Waals surface area contributed by atoms with Gasteiger partial charge in [0.2, 0.25) is 0 Å². The normalized spacial score (nSPS) is 13.6. The summed E-state index contributed by atoms with van der Waals surface area (Å²) in [4.78, 5) is 0. The zero-order valence-corrected chi connectivity index (χ0v) is 11.7. The van der Waals surface area contributed by atoms with Crippen molar-refractivity contribution >= 4 is 21.6 Å². The third-order valence-corrected chi connectivity index (χ3v) is 2.82. The van der Waals surface area contributed by atoms with E-state index >= 15 is 0 Å². The van der Waals surface area contributed by atoms with Crippen molar-refractivity contribution < 1.29 is 5.11 Å². The van der Waals surface area contributed by atoms with Gasteiger partial charge >= 0.3 is 0 Å². The van der Waals surface area contributed by atoms with Gasteiger partial charge in [-0.25, -0.2) is 0 Å². The van der Waals surface area contributed by atoms with Gasteiger partial charge in [-0.05, 0) is 36.1 Å². The molecule has 0 bridgehead atoms. The van der Waals surface area contributed by atoms with Crippen molar-refractivity contribution in [1.82, 2.24) is 0 Å². The molecule has 1 unspecified atom stereocenters. The van der Waals surface area contributed by atoms with E-state index in [-0.39, 0.29) is 18.1 Å². The topological polar surface area (TPSA) is 32.3 Å². The first-order valence-electron chi connectivity index (χ1n) is 5.54. The molecule has 2 nitrogen and oxygen atoms in total. The fourth-order valence-electron chi connectivity index (χ4n) is 1.68. The van der Waals surface area contributed by atoms with Gasteiger partial charge in [-0.15, -0.1) is 0 Å². The van der Waals surface area contributed by atoms with Crippen molar-refractivity contribution in [3.05, 3.63) is 28.7 Å². The van der Waals surface area contributed by atoms with Crippen molar-refractivity contribution in [3.63, 3.8) is 0 Å². The Balaban J connectivity index is 2.60. The molecule has 0 spiro atoms. The Morgan fingerprint density at radius 2 is 1.81 bits per heavy atom. The molecule has 0 aliphatic heterocycles. The predicted molar refractivity (Wildman–Crippen MR) is 72.7 cm³/mol. The standard InChI is InChI=1S/C13H20BrNO/c1-13(2,3)8-12(9-16)15-11-6-4-10(14)5-7-11/h4-7,12,15-16H,8-9H2,1-3H3.